The van der Waals surface area contributed by atoms with Crippen molar-refractivity contribution in [3.05, 3.63) is 84.4 Å². The van der Waals surface area contributed by atoms with E-state index in [-0.39, 0.29) is 22.8 Å². The molecule has 4 rings (SSSR count). The summed E-state index contributed by atoms with van der Waals surface area (Å²) in [6, 6.07) is 22.8. The molecule has 1 saturated carbocycles. The number of carbonyl (C=O) groups excluding carboxylic acids is 2. The maximum absolute atomic E-state index is 13.3. The molecule has 1 fully saturated rings. The van der Waals surface area contributed by atoms with Crippen LogP contribution < -0.4 is 9.46 Å². The van der Waals surface area contributed by atoms with Crippen LogP contribution in [0.1, 0.15) is 38.2 Å². The molecule has 1 amide bonds. The largest absolute Gasteiger partial charge is 0.497 e. The molecule has 9 heteroatoms. The number of benzene rings is 3. The molecular weight excluding hydrogens is 528 g/mol. The van der Waals surface area contributed by atoms with Crippen molar-refractivity contribution in [1.29, 1.82) is 0 Å². The lowest BCUT2D eigenvalue weighted by Gasteiger charge is -2.38. The Balaban J connectivity index is 1.44. The molecule has 212 valence electrons. The fraction of sp³-hybridized carbons (Fsp3) is 0.355. The Morgan fingerprint density at radius 2 is 1.45 bits per heavy atom. The average Bonchev–Trinajstić information content (AvgIpc) is 2.99. The number of esters is 1. The van der Waals surface area contributed by atoms with Gasteiger partial charge in [0.15, 0.2) is 0 Å². The average molecular weight is 565 g/mol. The number of hydrogen-bond acceptors (Lipinski definition) is 6. The minimum Gasteiger partial charge on any atom is -0.497 e. The Morgan fingerprint density at radius 1 is 0.875 bits per heavy atom. The highest BCUT2D eigenvalue weighted by atomic mass is 32.2. The van der Waals surface area contributed by atoms with E-state index in [0.29, 0.717) is 32.2 Å². The lowest BCUT2D eigenvalue weighted by molar-refractivity contribution is -0.145. The summed E-state index contributed by atoms with van der Waals surface area (Å²) in [6.45, 7) is 2.09. The van der Waals surface area contributed by atoms with E-state index in [4.69, 9.17) is 9.47 Å². The molecule has 3 aromatic rings. The van der Waals surface area contributed by atoms with Gasteiger partial charge in [-0.15, -0.1) is 0 Å². The first kappa shape index (κ1) is 29.3. The molecule has 8 nitrogen and oxygen atoms in total. The van der Waals surface area contributed by atoms with Crippen molar-refractivity contribution in [3.63, 3.8) is 0 Å². The number of sulfonamides is 1. The first-order chi connectivity index (χ1) is 19.2. The normalized spacial score (nSPS) is 18.0. The number of amides is 1. The summed E-state index contributed by atoms with van der Waals surface area (Å²) in [5.74, 6) is -0.131. The van der Waals surface area contributed by atoms with Gasteiger partial charge < -0.3 is 14.4 Å². The molecule has 0 heterocycles. The van der Waals surface area contributed by atoms with E-state index in [9.17, 15) is 18.0 Å². The Kier molecular flexibility index (Phi) is 9.60. The van der Waals surface area contributed by atoms with Gasteiger partial charge in [-0.3, -0.25) is 9.59 Å². The molecule has 0 aromatic heterocycles. The molecular formula is C31H36N2O6S. The van der Waals surface area contributed by atoms with Crippen LogP contribution >= 0.6 is 0 Å². The number of hydrogen-bond donors (Lipinski definition) is 1. The predicted molar refractivity (Wildman–Crippen MR) is 153 cm³/mol. The Bertz CT molecular complexity index is 1380. The van der Waals surface area contributed by atoms with Gasteiger partial charge in [-0.2, -0.15) is 4.72 Å². The molecule has 3 aromatic carbocycles. The van der Waals surface area contributed by atoms with Crippen molar-refractivity contribution in [2.45, 2.75) is 56.1 Å². The highest BCUT2D eigenvalue weighted by Gasteiger charge is 2.37. The summed E-state index contributed by atoms with van der Waals surface area (Å²) in [5, 5.41) is 0. The monoisotopic (exact) mass is 564 g/mol. The predicted octanol–water partition coefficient (Wildman–Crippen LogP) is 4.79. The van der Waals surface area contributed by atoms with Gasteiger partial charge in [0.2, 0.25) is 15.9 Å². The molecule has 0 radical (unpaired) electrons. The third kappa shape index (κ3) is 7.08. The summed E-state index contributed by atoms with van der Waals surface area (Å²) < 4.78 is 39.4. The smallest absolute Gasteiger partial charge is 0.324 e. The second kappa shape index (κ2) is 13.1. The van der Waals surface area contributed by atoms with E-state index in [0.717, 1.165) is 22.4 Å². The van der Waals surface area contributed by atoms with Crippen LogP contribution in [-0.2, 0) is 30.9 Å². The number of carbonyl (C=O) groups is 2. The van der Waals surface area contributed by atoms with E-state index < -0.39 is 22.0 Å². The van der Waals surface area contributed by atoms with Crippen LogP contribution in [-0.4, -0.2) is 51.5 Å². The Morgan fingerprint density at radius 3 is 1.98 bits per heavy atom. The van der Waals surface area contributed by atoms with Gasteiger partial charge in [0.05, 0.1) is 19.1 Å². The molecule has 1 aliphatic carbocycles. The van der Waals surface area contributed by atoms with Gasteiger partial charge in [0, 0.05) is 19.5 Å². The van der Waals surface area contributed by atoms with Crippen LogP contribution in [0.3, 0.4) is 0 Å². The quantitative estimate of drug-likeness (QED) is 0.356. The fourth-order valence-electron chi connectivity index (χ4n) is 5.33. The van der Waals surface area contributed by atoms with Gasteiger partial charge >= 0.3 is 5.97 Å². The third-order valence-electron chi connectivity index (χ3n) is 7.58. The van der Waals surface area contributed by atoms with Gasteiger partial charge in [0.1, 0.15) is 11.8 Å². The summed E-state index contributed by atoms with van der Waals surface area (Å²) in [7, 11) is -1.13. The van der Waals surface area contributed by atoms with Crippen LogP contribution in [0.25, 0.3) is 11.1 Å². The molecule has 0 bridgehead atoms. The van der Waals surface area contributed by atoms with Gasteiger partial charge in [-0.1, -0.05) is 54.6 Å². The zero-order valence-electron chi connectivity index (χ0n) is 23.1. The van der Waals surface area contributed by atoms with Gasteiger partial charge in [-0.05, 0) is 72.6 Å². The molecule has 0 unspecified atom stereocenters. The van der Waals surface area contributed by atoms with Crippen molar-refractivity contribution in [1.82, 2.24) is 9.62 Å². The molecule has 1 aliphatic rings. The van der Waals surface area contributed by atoms with E-state index >= 15 is 0 Å². The number of ether oxygens (including phenoxy) is 2. The van der Waals surface area contributed by atoms with E-state index in [1.165, 1.54) is 19.2 Å². The van der Waals surface area contributed by atoms with Crippen LogP contribution in [0, 0.1) is 5.92 Å². The summed E-state index contributed by atoms with van der Waals surface area (Å²) in [4.78, 5) is 27.1. The van der Waals surface area contributed by atoms with Crippen molar-refractivity contribution < 1.29 is 27.5 Å². The second-order valence-corrected chi connectivity index (χ2v) is 11.8. The summed E-state index contributed by atoms with van der Waals surface area (Å²) in [6.07, 6.45) is 2.51. The molecule has 40 heavy (non-hydrogen) atoms. The van der Waals surface area contributed by atoms with Crippen molar-refractivity contribution in [2.75, 3.05) is 14.2 Å². The zero-order chi connectivity index (χ0) is 28.7. The lowest BCUT2D eigenvalue weighted by Crippen LogP contribution is -2.49. The highest BCUT2D eigenvalue weighted by molar-refractivity contribution is 7.89. The number of rotatable bonds is 10. The number of methoxy groups -OCH3 is 2. The molecule has 1 atom stereocenters. The SMILES string of the molecule is COC(=O)[C@H](NS(=O)(=O)c1ccc(-c2ccc(OC)cc2)cc1)C1CCC(N(Cc2ccccc2)C(C)=O)CC1. The number of nitrogens with zero attached hydrogens (tertiary/aromatic N) is 1. The molecule has 0 aliphatic heterocycles. The van der Waals surface area contributed by atoms with Gasteiger partial charge in [0.25, 0.3) is 0 Å². The second-order valence-electron chi connectivity index (χ2n) is 10.1. The molecule has 1 N–H and O–H groups in total. The van der Waals surface area contributed by atoms with Crippen LogP contribution in [0.5, 0.6) is 5.75 Å². The Labute approximate surface area is 236 Å². The summed E-state index contributed by atoms with van der Waals surface area (Å²) >= 11 is 0. The van der Waals surface area contributed by atoms with Crippen LogP contribution in [0.4, 0.5) is 0 Å². The summed E-state index contributed by atoms with van der Waals surface area (Å²) in [5.41, 5.74) is 2.83. The Hall–Kier alpha value is -3.69. The number of nitrogens with one attached hydrogen (secondary N) is 1. The maximum Gasteiger partial charge on any atom is 0.324 e. The topological polar surface area (TPSA) is 102 Å². The zero-order valence-corrected chi connectivity index (χ0v) is 23.9. The minimum absolute atomic E-state index is 0.00406. The van der Waals surface area contributed by atoms with Gasteiger partial charge in [-0.25, -0.2) is 8.42 Å². The first-order valence-corrected chi connectivity index (χ1v) is 14.9. The third-order valence-corrected chi connectivity index (χ3v) is 9.04. The minimum atomic E-state index is -3.99. The van der Waals surface area contributed by atoms with E-state index in [1.54, 1.807) is 26.2 Å². The maximum atomic E-state index is 13.3. The van der Waals surface area contributed by atoms with E-state index in [1.807, 2.05) is 59.5 Å². The fourth-order valence-corrected chi connectivity index (χ4v) is 6.59. The van der Waals surface area contributed by atoms with Crippen molar-refractivity contribution in [3.8, 4) is 16.9 Å². The standard InChI is InChI=1S/C31H36N2O6S/c1-22(34)33(21-23-7-5-4-6-8-23)27-15-9-26(10-16-27)30(31(35)39-3)32-40(36,37)29-19-13-25(14-20-29)24-11-17-28(38-2)18-12-24/h4-8,11-14,17-20,26-27,30,32H,9-10,15-16,21H2,1-3H3/t26?,27?,30-/m1/s1. The lowest BCUT2D eigenvalue weighted by atomic mass is 9.81. The highest BCUT2D eigenvalue weighted by Crippen LogP contribution is 2.32. The molecule has 0 saturated heterocycles. The van der Waals surface area contributed by atoms with E-state index in [2.05, 4.69) is 4.72 Å². The molecule has 0 spiro atoms. The first-order valence-electron chi connectivity index (χ1n) is 13.4. The van der Waals surface area contributed by atoms with Crippen molar-refractivity contribution >= 4 is 21.9 Å². The van der Waals surface area contributed by atoms with Crippen LogP contribution in [0.2, 0.25) is 0 Å². The van der Waals surface area contributed by atoms with Crippen LogP contribution in [0.15, 0.2) is 83.8 Å². The van der Waals surface area contributed by atoms with Crippen molar-refractivity contribution in [2.24, 2.45) is 5.92 Å².